The van der Waals surface area contributed by atoms with Crippen LogP contribution in [-0.2, 0) is 14.8 Å². The SMILES string of the molecule is COc1ccc(NC(=O)CSc2n[nH]c(N)n2)cc1S(=O)(=O)N1CCCCC1. The summed E-state index contributed by atoms with van der Waals surface area (Å²) in [6.45, 7) is 0.969. The van der Waals surface area contributed by atoms with Gasteiger partial charge in [0.25, 0.3) is 0 Å². The van der Waals surface area contributed by atoms with Crippen molar-refractivity contribution in [2.24, 2.45) is 0 Å². The molecule has 0 radical (unpaired) electrons. The molecule has 1 amide bonds. The van der Waals surface area contributed by atoms with E-state index in [4.69, 9.17) is 10.5 Å². The first kappa shape index (κ1) is 20.4. The van der Waals surface area contributed by atoms with E-state index in [1.54, 1.807) is 6.07 Å². The largest absolute Gasteiger partial charge is 0.495 e. The number of amides is 1. The first-order valence-electron chi connectivity index (χ1n) is 8.69. The van der Waals surface area contributed by atoms with Gasteiger partial charge in [0.1, 0.15) is 10.6 Å². The maximum Gasteiger partial charge on any atom is 0.246 e. The van der Waals surface area contributed by atoms with Crippen molar-refractivity contribution < 1.29 is 17.9 Å². The quantitative estimate of drug-likeness (QED) is 0.562. The predicted molar refractivity (Wildman–Crippen MR) is 106 cm³/mol. The smallest absolute Gasteiger partial charge is 0.246 e. The third-order valence-electron chi connectivity index (χ3n) is 4.19. The lowest BCUT2D eigenvalue weighted by Gasteiger charge is -2.26. The fourth-order valence-electron chi connectivity index (χ4n) is 2.85. The summed E-state index contributed by atoms with van der Waals surface area (Å²) in [5.74, 6) is 0.150. The third kappa shape index (κ3) is 4.75. The minimum absolute atomic E-state index is 0.0455. The van der Waals surface area contributed by atoms with E-state index < -0.39 is 10.0 Å². The Labute approximate surface area is 167 Å². The highest BCUT2D eigenvalue weighted by atomic mass is 32.2. The number of carbonyl (C=O) groups excluding carboxylic acids is 1. The monoisotopic (exact) mass is 426 g/mol. The van der Waals surface area contributed by atoms with Crippen molar-refractivity contribution >= 4 is 39.3 Å². The molecule has 0 atom stereocenters. The molecule has 1 aliphatic rings. The van der Waals surface area contributed by atoms with Gasteiger partial charge in [0.15, 0.2) is 0 Å². The normalized spacial score (nSPS) is 15.3. The number of hydrogen-bond donors (Lipinski definition) is 3. The minimum Gasteiger partial charge on any atom is -0.495 e. The molecule has 12 heteroatoms. The van der Waals surface area contributed by atoms with Gasteiger partial charge in [-0.3, -0.25) is 4.79 Å². The lowest BCUT2D eigenvalue weighted by atomic mass is 10.2. The number of rotatable bonds is 7. The Kier molecular flexibility index (Phi) is 6.42. The maximum atomic E-state index is 13.0. The van der Waals surface area contributed by atoms with E-state index >= 15 is 0 Å². The van der Waals surface area contributed by atoms with Crippen molar-refractivity contribution in [3.8, 4) is 5.75 Å². The van der Waals surface area contributed by atoms with Crippen molar-refractivity contribution in [2.45, 2.75) is 29.3 Å². The van der Waals surface area contributed by atoms with Gasteiger partial charge in [0, 0.05) is 18.8 Å². The van der Waals surface area contributed by atoms with Crippen molar-refractivity contribution in [3.63, 3.8) is 0 Å². The van der Waals surface area contributed by atoms with Crippen LogP contribution in [0.5, 0.6) is 5.75 Å². The summed E-state index contributed by atoms with van der Waals surface area (Å²) in [5, 5.41) is 9.37. The highest BCUT2D eigenvalue weighted by molar-refractivity contribution is 7.99. The van der Waals surface area contributed by atoms with E-state index in [0.29, 0.717) is 23.9 Å². The van der Waals surface area contributed by atoms with Crippen LogP contribution in [0.4, 0.5) is 11.6 Å². The highest BCUT2D eigenvalue weighted by Crippen LogP contribution is 2.31. The highest BCUT2D eigenvalue weighted by Gasteiger charge is 2.29. The number of ether oxygens (including phenoxy) is 1. The van der Waals surface area contributed by atoms with Gasteiger partial charge >= 0.3 is 0 Å². The Morgan fingerprint density at radius 2 is 2.11 bits per heavy atom. The second kappa shape index (κ2) is 8.80. The number of nitrogens with one attached hydrogen (secondary N) is 2. The number of hydrogen-bond acceptors (Lipinski definition) is 8. The molecule has 3 rings (SSSR count). The van der Waals surface area contributed by atoms with Crippen LogP contribution in [0.25, 0.3) is 0 Å². The zero-order chi connectivity index (χ0) is 20.1. The van der Waals surface area contributed by atoms with Crippen molar-refractivity contribution in [1.82, 2.24) is 19.5 Å². The van der Waals surface area contributed by atoms with Gasteiger partial charge in [0.05, 0.1) is 12.9 Å². The van der Waals surface area contributed by atoms with Crippen LogP contribution in [0.3, 0.4) is 0 Å². The molecule has 0 spiro atoms. The summed E-state index contributed by atoms with van der Waals surface area (Å²) in [4.78, 5) is 16.1. The van der Waals surface area contributed by atoms with Crippen LogP contribution in [0.2, 0.25) is 0 Å². The van der Waals surface area contributed by atoms with Crippen LogP contribution in [0.15, 0.2) is 28.3 Å². The molecule has 1 saturated heterocycles. The minimum atomic E-state index is -3.70. The van der Waals surface area contributed by atoms with Gasteiger partial charge in [-0.15, -0.1) is 5.10 Å². The van der Waals surface area contributed by atoms with E-state index in [0.717, 1.165) is 31.0 Å². The molecule has 0 unspecified atom stereocenters. The van der Waals surface area contributed by atoms with E-state index in [1.165, 1.54) is 23.5 Å². The number of nitrogens with two attached hydrogens (primary N) is 1. The Morgan fingerprint density at radius 1 is 1.36 bits per heavy atom. The lowest BCUT2D eigenvalue weighted by molar-refractivity contribution is -0.113. The van der Waals surface area contributed by atoms with Crippen LogP contribution < -0.4 is 15.8 Å². The molecule has 10 nitrogen and oxygen atoms in total. The van der Waals surface area contributed by atoms with Gasteiger partial charge in [0.2, 0.25) is 27.0 Å². The molecule has 1 aromatic heterocycles. The summed E-state index contributed by atoms with van der Waals surface area (Å²) >= 11 is 1.11. The summed E-state index contributed by atoms with van der Waals surface area (Å²) in [7, 11) is -2.28. The third-order valence-corrected chi connectivity index (χ3v) is 6.96. The molecule has 2 aromatic rings. The molecule has 0 bridgehead atoms. The molecule has 2 heterocycles. The number of aromatic nitrogens is 3. The number of methoxy groups -OCH3 is 1. The van der Waals surface area contributed by atoms with Crippen LogP contribution in [-0.4, -0.2) is 59.8 Å². The van der Waals surface area contributed by atoms with Gasteiger partial charge in [-0.25, -0.2) is 13.5 Å². The number of thioether (sulfide) groups is 1. The summed E-state index contributed by atoms with van der Waals surface area (Å²) in [5.41, 5.74) is 5.81. The first-order valence-corrected chi connectivity index (χ1v) is 11.1. The molecule has 28 heavy (non-hydrogen) atoms. The maximum absolute atomic E-state index is 13.0. The van der Waals surface area contributed by atoms with Gasteiger partial charge < -0.3 is 15.8 Å². The number of benzene rings is 1. The summed E-state index contributed by atoms with van der Waals surface area (Å²) in [6.07, 6.45) is 2.69. The Bertz CT molecular complexity index is 940. The second-order valence-electron chi connectivity index (χ2n) is 6.17. The Balaban J connectivity index is 1.73. The number of nitrogens with zero attached hydrogens (tertiary/aromatic N) is 3. The standard InChI is InChI=1S/C16H22N6O4S2/c1-26-12-6-5-11(18-14(23)10-27-16-19-15(17)20-21-16)9-13(12)28(24,25)22-7-3-2-4-8-22/h5-6,9H,2-4,7-8,10H2,1H3,(H,18,23)(H3,17,19,20,21). The number of aromatic amines is 1. The molecule has 1 fully saturated rings. The van der Waals surface area contributed by atoms with E-state index in [-0.39, 0.29) is 28.3 Å². The number of sulfonamides is 1. The fraction of sp³-hybridized carbons (Fsp3) is 0.438. The fourth-order valence-corrected chi connectivity index (χ4v) is 5.15. The zero-order valence-corrected chi connectivity index (χ0v) is 17.0. The lowest BCUT2D eigenvalue weighted by Crippen LogP contribution is -2.35. The van der Waals surface area contributed by atoms with Crippen LogP contribution >= 0.6 is 11.8 Å². The molecule has 4 N–H and O–H groups in total. The van der Waals surface area contributed by atoms with Crippen molar-refractivity contribution in [3.05, 3.63) is 18.2 Å². The van der Waals surface area contributed by atoms with Crippen molar-refractivity contribution in [2.75, 3.05) is 37.0 Å². The second-order valence-corrected chi connectivity index (χ2v) is 9.02. The van der Waals surface area contributed by atoms with E-state index in [9.17, 15) is 13.2 Å². The molecule has 0 saturated carbocycles. The molecular weight excluding hydrogens is 404 g/mol. The van der Waals surface area contributed by atoms with Gasteiger partial charge in [-0.2, -0.15) is 9.29 Å². The zero-order valence-electron chi connectivity index (χ0n) is 15.3. The summed E-state index contributed by atoms with van der Waals surface area (Å²) < 4.78 is 32.7. The average Bonchev–Trinajstić information content (AvgIpc) is 3.12. The molecule has 152 valence electrons. The number of carbonyl (C=O) groups is 1. The summed E-state index contributed by atoms with van der Waals surface area (Å²) in [6, 6.07) is 4.56. The van der Waals surface area contributed by atoms with E-state index in [1.807, 2.05) is 0 Å². The first-order chi connectivity index (χ1) is 13.4. The Morgan fingerprint density at radius 3 is 2.75 bits per heavy atom. The number of H-pyrrole nitrogens is 1. The number of anilines is 2. The Hall–Kier alpha value is -2.31. The average molecular weight is 427 g/mol. The molecule has 1 aliphatic heterocycles. The topological polar surface area (TPSA) is 143 Å². The molecule has 0 aliphatic carbocycles. The van der Waals surface area contributed by atoms with Crippen LogP contribution in [0, 0.1) is 0 Å². The van der Waals surface area contributed by atoms with Gasteiger partial charge in [-0.05, 0) is 31.0 Å². The van der Waals surface area contributed by atoms with E-state index in [2.05, 4.69) is 20.5 Å². The molecule has 1 aromatic carbocycles. The number of piperidine rings is 1. The predicted octanol–water partition coefficient (Wildman–Crippen LogP) is 1.30. The molecular formula is C16H22N6O4S2. The number of nitrogen functional groups attached to an aromatic ring is 1. The van der Waals surface area contributed by atoms with Crippen LogP contribution in [0.1, 0.15) is 19.3 Å². The van der Waals surface area contributed by atoms with Crippen molar-refractivity contribution in [1.29, 1.82) is 0 Å². The van der Waals surface area contributed by atoms with Gasteiger partial charge in [-0.1, -0.05) is 18.2 Å².